The Labute approximate surface area is 123 Å². The summed E-state index contributed by atoms with van der Waals surface area (Å²) in [5, 5.41) is 4.39. The molecule has 0 fully saturated rings. The number of guanidine groups is 1. The van der Waals surface area contributed by atoms with E-state index in [9.17, 15) is 0 Å². The maximum absolute atomic E-state index is 5.62. The zero-order valence-corrected chi connectivity index (χ0v) is 11.8. The van der Waals surface area contributed by atoms with Gasteiger partial charge in [-0.05, 0) is 11.1 Å². The molecule has 0 spiro atoms. The molecule has 0 aromatic heterocycles. The molecule has 0 aliphatic heterocycles. The molecule has 3 rings (SSSR count). The monoisotopic (exact) mass is 286 g/mol. The number of nitrogens with zero attached hydrogens (tertiary/aromatic N) is 2. The Hall–Kier alpha value is -2.33. The van der Waals surface area contributed by atoms with Gasteiger partial charge in [0.15, 0.2) is 0 Å². The highest BCUT2D eigenvalue weighted by atomic mass is 35.5. The van der Waals surface area contributed by atoms with Crippen molar-refractivity contribution in [2.75, 3.05) is 7.05 Å². The second-order valence-corrected chi connectivity index (χ2v) is 4.27. The summed E-state index contributed by atoms with van der Waals surface area (Å²) < 4.78 is 0. The molecule has 0 saturated heterocycles. The average Bonchev–Trinajstić information content (AvgIpc) is 2.79. The molecule has 0 saturated carbocycles. The van der Waals surface area contributed by atoms with E-state index in [0.717, 1.165) is 16.8 Å². The van der Waals surface area contributed by atoms with Crippen LogP contribution in [0.1, 0.15) is 11.1 Å². The lowest BCUT2D eigenvalue weighted by atomic mass is 10.1. The van der Waals surface area contributed by atoms with Crippen molar-refractivity contribution < 1.29 is 0 Å². The first-order valence-electron chi connectivity index (χ1n) is 6.06. The van der Waals surface area contributed by atoms with Crippen molar-refractivity contribution in [1.29, 1.82) is 0 Å². The fourth-order valence-corrected chi connectivity index (χ4v) is 2.28. The minimum absolute atomic E-state index is 0. The summed E-state index contributed by atoms with van der Waals surface area (Å²) in [6.45, 7) is 0. The van der Waals surface area contributed by atoms with E-state index in [0.29, 0.717) is 5.96 Å². The highest BCUT2D eigenvalue weighted by molar-refractivity contribution is 6.24. The molecule has 20 heavy (non-hydrogen) atoms. The quantitative estimate of drug-likeness (QED) is 0.410. The topological polar surface area (TPSA) is 62.8 Å². The van der Waals surface area contributed by atoms with Crippen molar-refractivity contribution in [3.05, 3.63) is 59.7 Å². The molecule has 0 amide bonds. The van der Waals surface area contributed by atoms with E-state index in [-0.39, 0.29) is 12.4 Å². The highest BCUT2D eigenvalue weighted by Gasteiger charge is 2.23. The van der Waals surface area contributed by atoms with E-state index in [4.69, 9.17) is 5.73 Å². The molecule has 0 atom stereocenters. The smallest absolute Gasteiger partial charge is 0.209 e. The first kappa shape index (κ1) is 14.1. The third kappa shape index (κ3) is 2.26. The lowest BCUT2D eigenvalue weighted by Crippen LogP contribution is -2.28. The van der Waals surface area contributed by atoms with Crippen LogP contribution < -0.4 is 11.2 Å². The van der Waals surface area contributed by atoms with Crippen molar-refractivity contribution in [1.82, 2.24) is 5.43 Å². The van der Waals surface area contributed by atoms with Crippen LogP contribution in [0, 0.1) is 0 Å². The molecule has 102 valence electrons. The van der Waals surface area contributed by atoms with Gasteiger partial charge in [0.05, 0.1) is 5.71 Å². The first-order chi connectivity index (χ1) is 9.31. The number of aliphatic imine (C=N–C) groups is 1. The van der Waals surface area contributed by atoms with Gasteiger partial charge in [0.2, 0.25) is 5.96 Å². The van der Waals surface area contributed by atoms with Crippen LogP contribution in [0.15, 0.2) is 58.6 Å². The van der Waals surface area contributed by atoms with Crippen LogP contribution in [0.4, 0.5) is 0 Å². The van der Waals surface area contributed by atoms with Crippen molar-refractivity contribution in [2.24, 2.45) is 15.8 Å². The Morgan fingerprint density at radius 2 is 1.35 bits per heavy atom. The molecule has 0 heterocycles. The number of hydrogen-bond acceptors (Lipinski definition) is 2. The predicted molar refractivity (Wildman–Crippen MR) is 85.4 cm³/mol. The summed E-state index contributed by atoms with van der Waals surface area (Å²) in [5.41, 5.74) is 13.9. The maximum atomic E-state index is 5.62. The fraction of sp³-hybridized carbons (Fsp3) is 0.0667. The number of nitrogens with two attached hydrogens (primary N) is 1. The van der Waals surface area contributed by atoms with Gasteiger partial charge in [0.1, 0.15) is 0 Å². The Balaban J connectivity index is 0.00000147. The van der Waals surface area contributed by atoms with Crippen LogP contribution in [-0.2, 0) is 0 Å². The Morgan fingerprint density at radius 3 is 1.80 bits per heavy atom. The minimum Gasteiger partial charge on any atom is -0.369 e. The van der Waals surface area contributed by atoms with Gasteiger partial charge >= 0.3 is 0 Å². The molecule has 4 nitrogen and oxygen atoms in total. The number of nitrogens with one attached hydrogen (secondary N) is 1. The van der Waals surface area contributed by atoms with Gasteiger partial charge < -0.3 is 5.73 Å². The lowest BCUT2D eigenvalue weighted by molar-refractivity contribution is 1.00. The Bertz CT molecular complexity index is 644. The molecule has 1 aliphatic carbocycles. The SMILES string of the molecule is CN=C(N)NN=C1c2ccccc2-c2ccccc21.Cl. The van der Waals surface area contributed by atoms with Gasteiger partial charge in [-0.2, -0.15) is 5.10 Å². The van der Waals surface area contributed by atoms with E-state index < -0.39 is 0 Å². The van der Waals surface area contributed by atoms with Gasteiger partial charge in [-0.1, -0.05) is 48.5 Å². The van der Waals surface area contributed by atoms with Crippen molar-refractivity contribution >= 4 is 24.1 Å². The fourth-order valence-electron chi connectivity index (χ4n) is 2.28. The van der Waals surface area contributed by atoms with Crippen LogP contribution >= 0.6 is 12.4 Å². The van der Waals surface area contributed by atoms with Crippen molar-refractivity contribution in [2.45, 2.75) is 0 Å². The summed E-state index contributed by atoms with van der Waals surface area (Å²) in [6, 6.07) is 16.4. The zero-order chi connectivity index (χ0) is 13.2. The lowest BCUT2D eigenvalue weighted by Gasteiger charge is -2.02. The standard InChI is InChI=1S/C15H14N4.ClH/c1-17-15(16)19-18-14-12-8-4-2-6-10(12)11-7-3-5-9-13(11)14;/h2-9H,1H3,(H3,16,17,19);1H. The van der Waals surface area contributed by atoms with Gasteiger partial charge in [-0.25, -0.2) is 5.43 Å². The summed E-state index contributed by atoms with van der Waals surface area (Å²) in [5.74, 6) is 0.300. The average molecular weight is 287 g/mol. The van der Waals surface area contributed by atoms with Gasteiger partial charge in [0.25, 0.3) is 0 Å². The Morgan fingerprint density at radius 1 is 0.900 bits per heavy atom. The van der Waals surface area contributed by atoms with Crippen molar-refractivity contribution in [3.8, 4) is 11.1 Å². The summed E-state index contributed by atoms with van der Waals surface area (Å²) in [6.07, 6.45) is 0. The molecular formula is C15H15ClN4. The van der Waals surface area contributed by atoms with Crippen LogP contribution in [0.5, 0.6) is 0 Å². The van der Waals surface area contributed by atoms with Gasteiger partial charge in [-0.3, -0.25) is 4.99 Å². The number of benzene rings is 2. The van der Waals surface area contributed by atoms with Crippen LogP contribution in [0.25, 0.3) is 11.1 Å². The van der Waals surface area contributed by atoms with Crippen LogP contribution in [-0.4, -0.2) is 18.7 Å². The minimum atomic E-state index is 0. The number of halogens is 1. The number of hydrogen-bond donors (Lipinski definition) is 2. The van der Waals surface area contributed by atoms with Gasteiger partial charge in [0, 0.05) is 18.2 Å². The molecule has 2 aromatic carbocycles. The van der Waals surface area contributed by atoms with Crippen LogP contribution in [0.2, 0.25) is 0 Å². The van der Waals surface area contributed by atoms with Crippen LogP contribution in [0.3, 0.4) is 0 Å². The van der Waals surface area contributed by atoms with E-state index in [1.807, 2.05) is 24.3 Å². The molecule has 0 unspecified atom stereocenters. The van der Waals surface area contributed by atoms with Gasteiger partial charge in [-0.15, -0.1) is 12.4 Å². The zero-order valence-electron chi connectivity index (χ0n) is 11.0. The van der Waals surface area contributed by atoms with E-state index in [1.54, 1.807) is 7.05 Å². The Kier molecular flexibility index (Phi) is 4.05. The number of rotatable bonds is 1. The van der Waals surface area contributed by atoms with E-state index >= 15 is 0 Å². The molecule has 0 bridgehead atoms. The largest absolute Gasteiger partial charge is 0.369 e. The second kappa shape index (κ2) is 5.75. The normalized spacial score (nSPS) is 12.2. The summed E-state index contributed by atoms with van der Waals surface area (Å²) in [7, 11) is 1.62. The summed E-state index contributed by atoms with van der Waals surface area (Å²) in [4.78, 5) is 3.84. The molecule has 3 N–H and O–H groups in total. The maximum Gasteiger partial charge on any atom is 0.209 e. The summed E-state index contributed by atoms with van der Waals surface area (Å²) >= 11 is 0. The number of hydrazone groups is 1. The van der Waals surface area contributed by atoms with E-state index in [1.165, 1.54) is 11.1 Å². The first-order valence-corrected chi connectivity index (χ1v) is 6.06. The third-order valence-corrected chi connectivity index (χ3v) is 3.18. The molecule has 5 heteroatoms. The number of fused-ring (bicyclic) bond motifs is 3. The predicted octanol–water partition coefficient (Wildman–Crippen LogP) is 2.38. The van der Waals surface area contributed by atoms with E-state index in [2.05, 4.69) is 39.8 Å². The molecule has 0 radical (unpaired) electrons. The second-order valence-electron chi connectivity index (χ2n) is 4.27. The molecule has 1 aliphatic rings. The van der Waals surface area contributed by atoms with Crippen molar-refractivity contribution in [3.63, 3.8) is 0 Å². The highest BCUT2D eigenvalue weighted by Crippen LogP contribution is 2.36. The third-order valence-electron chi connectivity index (χ3n) is 3.18. The molecular weight excluding hydrogens is 272 g/mol. The molecule has 2 aromatic rings.